The Hall–Kier alpha value is -2.63. The summed E-state index contributed by atoms with van der Waals surface area (Å²) in [7, 11) is 0. The van der Waals surface area contributed by atoms with Gasteiger partial charge in [-0.1, -0.05) is 18.2 Å². The molecule has 21 heavy (non-hydrogen) atoms. The highest BCUT2D eigenvalue weighted by Crippen LogP contribution is 2.35. The maximum absolute atomic E-state index is 12.3. The average Bonchev–Trinajstić information content (AvgIpc) is 2.73. The fourth-order valence-electron chi connectivity index (χ4n) is 2.76. The number of anilines is 1. The Labute approximate surface area is 121 Å². The molecule has 2 aliphatic rings. The third-order valence-electron chi connectivity index (χ3n) is 3.86. The highest BCUT2D eigenvalue weighted by Gasteiger charge is 2.47. The minimum absolute atomic E-state index is 0.0955. The minimum Gasteiger partial charge on any atom is -0.478 e. The first-order valence-corrected chi connectivity index (χ1v) is 6.71. The maximum atomic E-state index is 12.3. The van der Waals surface area contributed by atoms with Gasteiger partial charge in [0, 0.05) is 0 Å². The van der Waals surface area contributed by atoms with Gasteiger partial charge in [-0.25, -0.2) is 4.79 Å². The number of nitrogens with zero attached hydrogens (tertiary/aromatic N) is 1. The van der Waals surface area contributed by atoms with Gasteiger partial charge in [-0.15, -0.1) is 0 Å². The highest BCUT2D eigenvalue weighted by atomic mass is 16.4. The van der Waals surface area contributed by atoms with Crippen molar-refractivity contribution in [2.24, 2.45) is 11.8 Å². The van der Waals surface area contributed by atoms with Gasteiger partial charge in [0.2, 0.25) is 0 Å². The van der Waals surface area contributed by atoms with Crippen LogP contribution in [-0.4, -0.2) is 27.9 Å². The van der Waals surface area contributed by atoms with Crippen LogP contribution >= 0.6 is 0 Å². The zero-order valence-corrected chi connectivity index (χ0v) is 11.2. The van der Waals surface area contributed by atoms with Crippen LogP contribution in [-0.2, 0) is 9.59 Å². The number of hydrazine groups is 1. The van der Waals surface area contributed by atoms with Crippen molar-refractivity contribution in [2.75, 3.05) is 5.43 Å². The normalized spacial score (nSPS) is 24.1. The molecule has 1 heterocycles. The van der Waals surface area contributed by atoms with Crippen LogP contribution in [0.3, 0.4) is 0 Å². The maximum Gasteiger partial charge on any atom is 0.335 e. The molecule has 2 amide bonds. The number of rotatable bonds is 3. The van der Waals surface area contributed by atoms with E-state index in [9.17, 15) is 14.4 Å². The van der Waals surface area contributed by atoms with Crippen LogP contribution in [0.4, 0.5) is 5.69 Å². The van der Waals surface area contributed by atoms with Crippen LogP contribution in [0.2, 0.25) is 0 Å². The van der Waals surface area contributed by atoms with E-state index in [0.29, 0.717) is 18.5 Å². The number of aromatic carboxylic acids is 1. The van der Waals surface area contributed by atoms with Crippen molar-refractivity contribution in [3.63, 3.8) is 0 Å². The summed E-state index contributed by atoms with van der Waals surface area (Å²) in [5, 5.41) is 9.98. The second kappa shape index (κ2) is 5.05. The second-order valence-corrected chi connectivity index (χ2v) is 5.17. The third kappa shape index (κ3) is 2.29. The first kappa shape index (κ1) is 13.4. The minimum atomic E-state index is -1.06. The third-order valence-corrected chi connectivity index (χ3v) is 3.86. The largest absolute Gasteiger partial charge is 0.478 e. The average molecular weight is 286 g/mol. The Kier molecular flexibility index (Phi) is 3.21. The van der Waals surface area contributed by atoms with Gasteiger partial charge in [0.25, 0.3) is 11.8 Å². The number of carbonyl (C=O) groups excluding carboxylic acids is 2. The molecular weight excluding hydrogens is 272 g/mol. The van der Waals surface area contributed by atoms with Crippen molar-refractivity contribution in [1.29, 1.82) is 0 Å². The fourth-order valence-corrected chi connectivity index (χ4v) is 2.76. The number of nitrogens with one attached hydrogen (secondary N) is 1. The number of benzene rings is 1. The van der Waals surface area contributed by atoms with Crippen LogP contribution in [0.5, 0.6) is 0 Å². The Bertz CT molecular complexity index is 627. The molecule has 108 valence electrons. The molecule has 2 N–H and O–H groups in total. The van der Waals surface area contributed by atoms with Crippen molar-refractivity contribution >= 4 is 23.5 Å². The molecule has 1 aliphatic heterocycles. The van der Waals surface area contributed by atoms with Crippen molar-refractivity contribution < 1.29 is 19.5 Å². The fraction of sp³-hybridized carbons (Fsp3) is 0.267. The molecule has 6 nitrogen and oxygen atoms in total. The Balaban J connectivity index is 1.82. The number of fused-ring (bicyclic) bond motifs is 1. The Morgan fingerprint density at radius 2 is 1.76 bits per heavy atom. The molecule has 2 atom stereocenters. The molecule has 0 unspecified atom stereocenters. The number of carbonyl (C=O) groups is 3. The second-order valence-electron chi connectivity index (χ2n) is 5.17. The van der Waals surface area contributed by atoms with Crippen LogP contribution in [0.25, 0.3) is 0 Å². The molecule has 1 aliphatic carbocycles. The lowest BCUT2D eigenvalue weighted by molar-refractivity contribution is -0.138. The van der Waals surface area contributed by atoms with Crippen molar-refractivity contribution in [3.8, 4) is 0 Å². The summed E-state index contributed by atoms with van der Waals surface area (Å²) in [5.41, 5.74) is 3.24. The van der Waals surface area contributed by atoms with Gasteiger partial charge in [0.15, 0.2) is 0 Å². The lowest BCUT2D eigenvalue weighted by Gasteiger charge is -2.17. The van der Waals surface area contributed by atoms with E-state index in [1.165, 1.54) is 12.1 Å². The van der Waals surface area contributed by atoms with Gasteiger partial charge >= 0.3 is 5.97 Å². The number of carboxylic acids is 1. The van der Waals surface area contributed by atoms with Gasteiger partial charge in [0.1, 0.15) is 0 Å². The summed E-state index contributed by atoms with van der Waals surface area (Å²) >= 11 is 0. The molecule has 1 aromatic carbocycles. The van der Waals surface area contributed by atoms with E-state index < -0.39 is 5.97 Å². The first-order valence-electron chi connectivity index (χ1n) is 6.71. The quantitative estimate of drug-likeness (QED) is 0.652. The summed E-state index contributed by atoms with van der Waals surface area (Å²) in [6.07, 6.45) is 4.98. The molecule has 0 spiro atoms. The van der Waals surface area contributed by atoms with E-state index in [-0.39, 0.29) is 29.2 Å². The monoisotopic (exact) mass is 286 g/mol. The molecular formula is C15H14N2O4. The molecule has 1 saturated heterocycles. The number of allylic oxidation sites excluding steroid dienone is 2. The van der Waals surface area contributed by atoms with E-state index >= 15 is 0 Å². The zero-order chi connectivity index (χ0) is 15.0. The van der Waals surface area contributed by atoms with Gasteiger partial charge in [0.05, 0.1) is 23.1 Å². The van der Waals surface area contributed by atoms with Gasteiger partial charge < -0.3 is 5.11 Å². The predicted molar refractivity (Wildman–Crippen MR) is 74.2 cm³/mol. The van der Waals surface area contributed by atoms with Crippen LogP contribution in [0.15, 0.2) is 36.4 Å². The summed E-state index contributed by atoms with van der Waals surface area (Å²) in [5.74, 6) is -2.18. The molecule has 1 aromatic rings. The summed E-state index contributed by atoms with van der Waals surface area (Å²) in [6, 6.07) is 6.02. The van der Waals surface area contributed by atoms with Crippen LogP contribution in [0, 0.1) is 11.8 Å². The SMILES string of the molecule is O=C(O)c1cccc(NN2C(=O)[C@@H]3CC=CC[C@H]3C2=O)c1. The van der Waals surface area contributed by atoms with E-state index in [0.717, 1.165) is 5.01 Å². The molecule has 0 bridgehead atoms. The lowest BCUT2D eigenvalue weighted by Crippen LogP contribution is -2.36. The molecule has 0 saturated carbocycles. The van der Waals surface area contributed by atoms with E-state index in [4.69, 9.17) is 5.11 Å². The number of hydrogen-bond acceptors (Lipinski definition) is 4. The van der Waals surface area contributed by atoms with E-state index in [1.54, 1.807) is 12.1 Å². The van der Waals surface area contributed by atoms with Crippen LogP contribution < -0.4 is 5.43 Å². The summed E-state index contributed by atoms with van der Waals surface area (Å²) < 4.78 is 0. The zero-order valence-electron chi connectivity index (χ0n) is 11.2. The summed E-state index contributed by atoms with van der Waals surface area (Å²) in [4.78, 5) is 35.5. The van der Waals surface area contributed by atoms with Crippen molar-refractivity contribution in [2.45, 2.75) is 12.8 Å². The molecule has 1 fully saturated rings. The Morgan fingerprint density at radius 1 is 1.14 bits per heavy atom. The molecule has 6 heteroatoms. The van der Waals surface area contributed by atoms with Gasteiger partial charge in [-0.2, -0.15) is 5.01 Å². The van der Waals surface area contributed by atoms with Gasteiger partial charge in [-0.3, -0.25) is 15.0 Å². The highest BCUT2D eigenvalue weighted by molar-refractivity contribution is 6.06. The molecule has 0 radical (unpaired) electrons. The van der Waals surface area contributed by atoms with Crippen LogP contribution in [0.1, 0.15) is 23.2 Å². The topological polar surface area (TPSA) is 86.7 Å². The van der Waals surface area contributed by atoms with Crippen molar-refractivity contribution in [3.05, 3.63) is 42.0 Å². The number of hydrogen-bond donors (Lipinski definition) is 2. The van der Waals surface area contributed by atoms with Crippen molar-refractivity contribution in [1.82, 2.24) is 5.01 Å². The number of carboxylic acid groups (broad SMARTS) is 1. The number of amides is 2. The predicted octanol–water partition coefficient (Wildman–Crippen LogP) is 1.66. The summed E-state index contributed by atoms with van der Waals surface area (Å²) in [6.45, 7) is 0. The van der Waals surface area contributed by atoms with E-state index in [1.807, 2.05) is 12.2 Å². The smallest absolute Gasteiger partial charge is 0.335 e. The van der Waals surface area contributed by atoms with E-state index in [2.05, 4.69) is 5.43 Å². The standard InChI is InChI=1S/C15H14N2O4/c18-13-11-6-1-2-7-12(11)14(19)17(13)16-10-5-3-4-9(8-10)15(20)21/h1-5,8,11-12,16H,6-7H2,(H,20,21)/t11-,12-/m1/s1. The lowest BCUT2D eigenvalue weighted by atomic mass is 9.85. The number of imide groups is 1. The Morgan fingerprint density at radius 3 is 2.33 bits per heavy atom. The first-order chi connectivity index (χ1) is 10.1. The van der Waals surface area contributed by atoms with Gasteiger partial charge in [-0.05, 0) is 31.0 Å². The molecule has 0 aromatic heterocycles. The molecule has 3 rings (SSSR count).